The van der Waals surface area contributed by atoms with E-state index >= 15 is 0 Å². The minimum absolute atomic E-state index is 0.0134. The van der Waals surface area contributed by atoms with Crippen molar-refractivity contribution in [3.05, 3.63) is 87.0 Å². The molecule has 0 fully saturated rings. The number of aromatic nitrogens is 1. The largest absolute Gasteiger partial charge is 0.478 e. The summed E-state index contributed by atoms with van der Waals surface area (Å²) in [6.45, 7) is 1.91. The number of carbonyl (C=O) groups is 1. The van der Waals surface area contributed by atoms with Gasteiger partial charge in [-0.25, -0.2) is 9.78 Å². The van der Waals surface area contributed by atoms with Crippen LogP contribution in [0.15, 0.2) is 59.8 Å². The van der Waals surface area contributed by atoms with Crippen LogP contribution >= 0.6 is 23.2 Å². The molecule has 0 unspecified atom stereocenters. The minimum atomic E-state index is -1.11. The summed E-state index contributed by atoms with van der Waals surface area (Å²) in [5.74, 6) is -0.841. The molecule has 0 aliphatic heterocycles. The van der Waals surface area contributed by atoms with Crippen LogP contribution in [0.5, 0.6) is 0 Å². The summed E-state index contributed by atoms with van der Waals surface area (Å²) in [6, 6.07) is 15.2. The van der Waals surface area contributed by atoms with Crippen molar-refractivity contribution < 1.29 is 15.1 Å². The zero-order valence-corrected chi connectivity index (χ0v) is 16.2. The number of nitrogens with one attached hydrogen (secondary N) is 1. The number of nitrogens with zero attached hydrogens (tertiary/aromatic N) is 2. The number of benzene rings is 2. The molecule has 142 valence electrons. The Hall–Kier alpha value is -3.09. The molecule has 28 heavy (non-hydrogen) atoms. The molecule has 6 nitrogen and oxygen atoms in total. The predicted molar refractivity (Wildman–Crippen MR) is 110 cm³/mol. The van der Waals surface area contributed by atoms with E-state index in [-0.39, 0.29) is 16.5 Å². The van der Waals surface area contributed by atoms with Crippen molar-refractivity contribution in [2.24, 2.45) is 5.16 Å². The van der Waals surface area contributed by atoms with Crippen LogP contribution in [0.2, 0.25) is 10.2 Å². The van der Waals surface area contributed by atoms with E-state index in [1.54, 1.807) is 18.2 Å². The second kappa shape index (κ2) is 8.29. The Morgan fingerprint density at radius 1 is 1.07 bits per heavy atom. The molecular weight excluding hydrogens is 401 g/mol. The Bertz CT molecular complexity index is 1080. The van der Waals surface area contributed by atoms with Gasteiger partial charge < -0.3 is 15.6 Å². The number of halogens is 2. The Labute approximate surface area is 171 Å². The molecule has 0 spiro atoms. The van der Waals surface area contributed by atoms with E-state index in [2.05, 4.69) is 15.5 Å². The molecule has 0 saturated heterocycles. The van der Waals surface area contributed by atoms with Crippen LogP contribution in [0.25, 0.3) is 0 Å². The molecule has 2 aromatic carbocycles. The van der Waals surface area contributed by atoms with E-state index in [0.717, 1.165) is 11.1 Å². The van der Waals surface area contributed by atoms with Gasteiger partial charge in [0.1, 0.15) is 16.7 Å². The fraction of sp³-hybridized carbons (Fsp3) is 0.0500. The maximum Gasteiger partial charge on any atom is 0.335 e. The standard InChI is InChI=1S/C20H15Cl2N3O3/c1-11-4-2-3-5-14(11)19(25-28)15-7-6-13(10-16(15)21)23-18-9-12(20(26)27)8-17(22)24-18/h2-10,28H,1H3,(H,23,24)(H,26,27)/b25-19-. The number of rotatable bonds is 5. The molecular formula is C20H15Cl2N3O3. The molecule has 0 bridgehead atoms. The Balaban J connectivity index is 1.93. The fourth-order valence-corrected chi connectivity index (χ4v) is 3.19. The first-order valence-electron chi connectivity index (χ1n) is 8.15. The number of hydrogen-bond acceptors (Lipinski definition) is 5. The van der Waals surface area contributed by atoms with E-state index in [0.29, 0.717) is 22.0 Å². The fourth-order valence-electron chi connectivity index (χ4n) is 2.71. The summed E-state index contributed by atoms with van der Waals surface area (Å²) >= 11 is 12.3. The zero-order chi connectivity index (χ0) is 20.3. The third-order valence-corrected chi connectivity index (χ3v) is 4.54. The summed E-state index contributed by atoms with van der Waals surface area (Å²) in [4.78, 5) is 15.2. The molecule has 1 aromatic heterocycles. The van der Waals surface area contributed by atoms with Crippen molar-refractivity contribution in [1.82, 2.24) is 4.98 Å². The lowest BCUT2D eigenvalue weighted by Gasteiger charge is -2.12. The molecule has 3 N–H and O–H groups in total. The van der Waals surface area contributed by atoms with Gasteiger partial charge in [-0.3, -0.25) is 0 Å². The smallest absolute Gasteiger partial charge is 0.335 e. The molecule has 3 aromatic rings. The Morgan fingerprint density at radius 2 is 1.82 bits per heavy atom. The summed E-state index contributed by atoms with van der Waals surface area (Å²) in [5, 5.41) is 25.5. The maximum absolute atomic E-state index is 11.2. The molecule has 8 heteroatoms. The number of oxime groups is 1. The van der Waals surface area contributed by atoms with Crippen LogP contribution in [0, 0.1) is 6.92 Å². The number of aryl methyl sites for hydroxylation is 1. The van der Waals surface area contributed by atoms with E-state index in [1.807, 2.05) is 31.2 Å². The van der Waals surface area contributed by atoms with E-state index in [4.69, 9.17) is 28.3 Å². The molecule has 0 aliphatic rings. The molecule has 0 aliphatic carbocycles. The highest BCUT2D eigenvalue weighted by atomic mass is 35.5. The van der Waals surface area contributed by atoms with Crippen molar-refractivity contribution in [2.45, 2.75) is 6.92 Å². The van der Waals surface area contributed by atoms with Crippen LogP contribution < -0.4 is 5.32 Å². The highest BCUT2D eigenvalue weighted by Gasteiger charge is 2.15. The lowest BCUT2D eigenvalue weighted by molar-refractivity contribution is 0.0697. The van der Waals surface area contributed by atoms with Crippen molar-refractivity contribution in [3.8, 4) is 0 Å². The van der Waals surface area contributed by atoms with E-state index in [1.165, 1.54) is 12.1 Å². The van der Waals surface area contributed by atoms with E-state index in [9.17, 15) is 10.0 Å². The van der Waals surface area contributed by atoms with Gasteiger partial charge in [0, 0.05) is 16.8 Å². The highest BCUT2D eigenvalue weighted by Crippen LogP contribution is 2.27. The molecule has 0 radical (unpaired) electrons. The quantitative estimate of drug-likeness (QED) is 0.225. The van der Waals surface area contributed by atoms with Gasteiger partial charge >= 0.3 is 5.97 Å². The van der Waals surface area contributed by atoms with Gasteiger partial charge in [-0.05, 0) is 42.8 Å². The maximum atomic E-state index is 11.2. The lowest BCUT2D eigenvalue weighted by atomic mass is 9.98. The van der Waals surface area contributed by atoms with Crippen molar-refractivity contribution in [1.29, 1.82) is 0 Å². The van der Waals surface area contributed by atoms with Gasteiger partial charge in [-0.15, -0.1) is 0 Å². The number of pyridine rings is 1. The first-order valence-corrected chi connectivity index (χ1v) is 8.90. The van der Waals surface area contributed by atoms with Crippen LogP contribution in [0.4, 0.5) is 11.5 Å². The average Bonchev–Trinajstić information content (AvgIpc) is 2.65. The van der Waals surface area contributed by atoms with Crippen LogP contribution in [-0.2, 0) is 0 Å². The topological polar surface area (TPSA) is 94.8 Å². The minimum Gasteiger partial charge on any atom is -0.478 e. The van der Waals surface area contributed by atoms with Crippen LogP contribution in [-0.4, -0.2) is 27.0 Å². The highest BCUT2D eigenvalue weighted by molar-refractivity contribution is 6.35. The molecule has 0 amide bonds. The van der Waals surface area contributed by atoms with Gasteiger partial charge in [0.2, 0.25) is 0 Å². The molecule has 0 saturated carbocycles. The summed E-state index contributed by atoms with van der Waals surface area (Å²) in [7, 11) is 0. The van der Waals surface area contributed by atoms with Gasteiger partial charge in [0.15, 0.2) is 0 Å². The second-order valence-corrected chi connectivity index (χ2v) is 6.75. The number of hydrogen-bond donors (Lipinski definition) is 3. The summed E-state index contributed by atoms with van der Waals surface area (Å²) in [5.41, 5.74) is 3.19. The molecule has 1 heterocycles. The van der Waals surface area contributed by atoms with Gasteiger partial charge in [0.25, 0.3) is 0 Å². The predicted octanol–water partition coefficient (Wildman–Crippen LogP) is 5.37. The van der Waals surface area contributed by atoms with Crippen LogP contribution in [0.3, 0.4) is 0 Å². The lowest BCUT2D eigenvalue weighted by Crippen LogP contribution is -2.07. The Morgan fingerprint density at radius 3 is 2.46 bits per heavy atom. The van der Waals surface area contributed by atoms with Crippen molar-refractivity contribution >= 4 is 46.4 Å². The third kappa shape index (κ3) is 4.24. The van der Waals surface area contributed by atoms with Crippen molar-refractivity contribution in [3.63, 3.8) is 0 Å². The second-order valence-electron chi connectivity index (χ2n) is 5.95. The Kier molecular flexibility index (Phi) is 5.82. The number of carboxylic acid groups (broad SMARTS) is 1. The number of carboxylic acids is 1. The van der Waals surface area contributed by atoms with Gasteiger partial charge in [0.05, 0.1) is 10.6 Å². The SMILES string of the molecule is Cc1ccccc1/C(=N/O)c1ccc(Nc2cc(C(=O)O)cc(Cl)n2)cc1Cl. The number of anilines is 2. The van der Waals surface area contributed by atoms with Gasteiger partial charge in [-0.2, -0.15) is 0 Å². The van der Waals surface area contributed by atoms with E-state index < -0.39 is 5.97 Å². The summed E-state index contributed by atoms with van der Waals surface area (Å²) in [6.07, 6.45) is 0. The monoisotopic (exact) mass is 415 g/mol. The van der Waals surface area contributed by atoms with Crippen LogP contribution in [0.1, 0.15) is 27.0 Å². The first-order chi connectivity index (χ1) is 13.4. The number of aromatic carboxylic acids is 1. The molecule has 3 rings (SSSR count). The van der Waals surface area contributed by atoms with Crippen molar-refractivity contribution in [2.75, 3.05) is 5.32 Å². The molecule has 0 atom stereocenters. The first kappa shape index (κ1) is 19.7. The van der Waals surface area contributed by atoms with Gasteiger partial charge in [-0.1, -0.05) is 52.6 Å². The summed E-state index contributed by atoms with van der Waals surface area (Å²) < 4.78 is 0. The zero-order valence-electron chi connectivity index (χ0n) is 14.6. The average molecular weight is 416 g/mol. The third-order valence-electron chi connectivity index (χ3n) is 4.04. The normalized spacial score (nSPS) is 11.3.